The third-order valence-electron chi connectivity index (χ3n) is 5.75. The molecule has 23 heavy (non-hydrogen) atoms. The molecule has 2 heteroatoms. The molecule has 126 valence electrons. The van der Waals surface area contributed by atoms with Crippen LogP contribution in [0.1, 0.15) is 52.9 Å². The van der Waals surface area contributed by atoms with E-state index < -0.39 is 0 Å². The van der Waals surface area contributed by atoms with Gasteiger partial charge in [-0.1, -0.05) is 37.1 Å². The number of methoxy groups -OCH3 is 1. The number of carbonyl (C=O) groups is 1. The van der Waals surface area contributed by atoms with Gasteiger partial charge in [-0.2, -0.15) is 0 Å². The van der Waals surface area contributed by atoms with Crippen molar-refractivity contribution in [2.45, 2.75) is 59.0 Å². The molecule has 0 radical (unpaired) electrons. The van der Waals surface area contributed by atoms with E-state index >= 15 is 0 Å². The van der Waals surface area contributed by atoms with E-state index in [2.05, 4.69) is 33.9 Å². The van der Waals surface area contributed by atoms with Gasteiger partial charge in [-0.25, -0.2) is 0 Å². The fourth-order valence-electron chi connectivity index (χ4n) is 4.41. The van der Waals surface area contributed by atoms with E-state index in [1.54, 1.807) is 7.11 Å². The maximum atomic E-state index is 13.3. The molecule has 2 bridgehead atoms. The molecular weight excluding hydrogens is 284 g/mol. The van der Waals surface area contributed by atoms with Crippen molar-refractivity contribution < 1.29 is 9.53 Å². The first-order valence-corrected chi connectivity index (χ1v) is 8.58. The minimum absolute atomic E-state index is 0.0461. The Labute approximate surface area is 141 Å². The zero-order valence-corrected chi connectivity index (χ0v) is 15.1. The summed E-state index contributed by atoms with van der Waals surface area (Å²) in [7, 11) is 1.74. The van der Waals surface area contributed by atoms with Crippen LogP contribution >= 0.6 is 0 Å². The molecule has 0 aliphatic heterocycles. The third-order valence-corrected chi connectivity index (χ3v) is 5.75. The van der Waals surface area contributed by atoms with Crippen molar-refractivity contribution in [2.75, 3.05) is 7.11 Å². The number of allylic oxidation sites excluding steroid dienone is 4. The molecule has 0 unspecified atom stereocenters. The molecule has 2 atom stereocenters. The Kier molecular flexibility index (Phi) is 5.46. The molecule has 0 aromatic rings. The first kappa shape index (κ1) is 17.9. The predicted molar refractivity (Wildman–Crippen MR) is 96.3 cm³/mol. The quantitative estimate of drug-likeness (QED) is 0.654. The zero-order chi connectivity index (χ0) is 17.2. The molecule has 2 aliphatic rings. The molecule has 2 nitrogen and oxygen atoms in total. The highest BCUT2D eigenvalue weighted by Gasteiger charge is 2.45. The van der Waals surface area contributed by atoms with Crippen molar-refractivity contribution in [1.82, 2.24) is 0 Å². The first-order valence-electron chi connectivity index (χ1n) is 8.58. The number of fused-ring (bicyclic) bond motifs is 2. The van der Waals surface area contributed by atoms with Gasteiger partial charge < -0.3 is 4.74 Å². The Morgan fingerprint density at radius 1 is 1.26 bits per heavy atom. The van der Waals surface area contributed by atoms with Crippen LogP contribution in [0, 0.1) is 11.3 Å². The topological polar surface area (TPSA) is 26.3 Å². The zero-order valence-electron chi connectivity index (χ0n) is 15.1. The van der Waals surface area contributed by atoms with Gasteiger partial charge in [-0.05, 0) is 50.0 Å². The number of carbonyl (C=O) groups excluding carboxylic acids is 1. The Balaban J connectivity index is 2.67. The average molecular weight is 314 g/mol. The van der Waals surface area contributed by atoms with Crippen molar-refractivity contribution >= 4 is 5.78 Å². The van der Waals surface area contributed by atoms with Crippen LogP contribution in [0.25, 0.3) is 0 Å². The van der Waals surface area contributed by atoms with Gasteiger partial charge in [0, 0.05) is 18.6 Å². The molecule has 2 aliphatic carbocycles. The van der Waals surface area contributed by atoms with Crippen LogP contribution in [-0.2, 0) is 9.53 Å². The second-order valence-electron chi connectivity index (χ2n) is 7.35. The van der Waals surface area contributed by atoms with E-state index in [0.29, 0.717) is 18.6 Å². The smallest absolute Gasteiger partial charge is 0.163 e. The minimum Gasteiger partial charge on any atom is -0.377 e. The summed E-state index contributed by atoms with van der Waals surface area (Å²) < 4.78 is 5.82. The maximum Gasteiger partial charge on any atom is 0.163 e. The summed E-state index contributed by atoms with van der Waals surface area (Å²) in [6, 6.07) is 0. The van der Waals surface area contributed by atoms with Crippen LogP contribution < -0.4 is 0 Å². The second kappa shape index (κ2) is 7.00. The molecule has 0 fully saturated rings. The fourth-order valence-corrected chi connectivity index (χ4v) is 4.41. The number of hydrogen-bond donors (Lipinski definition) is 0. The molecule has 0 saturated heterocycles. The van der Waals surface area contributed by atoms with Gasteiger partial charge >= 0.3 is 0 Å². The summed E-state index contributed by atoms with van der Waals surface area (Å²) in [6.45, 7) is 14.4. The SMILES string of the molecule is C=CC/C1=C(\CC=C)[C@@H](OC)CC2=C(C)CC[C@@H](C1=O)C2(C)C. The van der Waals surface area contributed by atoms with Crippen molar-refractivity contribution in [3.63, 3.8) is 0 Å². The van der Waals surface area contributed by atoms with E-state index in [0.717, 1.165) is 30.4 Å². The summed E-state index contributed by atoms with van der Waals surface area (Å²) in [6.07, 6.45) is 7.83. The molecule has 0 heterocycles. The number of rotatable bonds is 5. The van der Waals surface area contributed by atoms with Crippen LogP contribution in [0.3, 0.4) is 0 Å². The first-order chi connectivity index (χ1) is 10.9. The van der Waals surface area contributed by atoms with Gasteiger partial charge in [0.05, 0.1) is 6.10 Å². The number of hydrogen-bond acceptors (Lipinski definition) is 2. The van der Waals surface area contributed by atoms with Gasteiger partial charge in [-0.15, -0.1) is 13.2 Å². The second-order valence-corrected chi connectivity index (χ2v) is 7.35. The average Bonchev–Trinajstić information content (AvgIpc) is 2.50. The van der Waals surface area contributed by atoms with Gasteiger partial charge in [-0.3, -0.25) is 4.79 Å². The molecule has 0 N–H and O–H groups in total. The number of Topliss-reactive ketones (excluding diaryl/α,β-unsaturated/α-hetero) is 1. The van der Waals surface area contributed by atoms with Crippen LogP contribution in [-0.4, -0.2) is 19.0 Å². The highest BCUT2D eigenvalue weighted by molar-refractivity contribution is 5.99. The van der Waals surface area contributed by atoms with Crippen LogP contribution in [0.4, 0.5) is 0 Å². The fraction of sp³-hybridized carbons (Fsp3) is 0.571. The molecule has 0 aromatic heterocycles. The monoisotopic (exact) mass is 314 g/mol. The Morgan fingerprint density at radius 3 is 2.48 bits per heavy atom. The predicted octanol–water partition coefficient (Wildman–Crippen LogP) is 5.18. The Bertz CT molecular complexity index is 575. The van der Waals surface area contributed by atoms with Gasteiger partial charge in [0.15, 0.2) is 5.78 Å². The van der Waals surface area contributed by atoms with E-state index in [-0.39, 0.29) is 17.4 Å². The van der Waals surface area contributed by atoms with E-state index in [1.807, 2.05) is 12.2 Å². The summed E-state index contributed by atoms with van der Waals surface area (Å²) in [5.74, 6) is 0.354. The summed E-state index contributed by atoms with van der Waals surface area (Å²) >= 11 is 0. The van der Waals surface area contributed by atoms with Crippen LogP contribution in [0.5, 0.6) is 0 Å². The van der Waals surface area contributed by atoms with Gasteiger partial charge in [0.1, 0.15) is 0 Å². The number of ketones is 1. The summed E-state index contributed by atoms with van der Waals surface area (Å²) in [5, 5.41) is 0. The van der Waals surface area contributed by atoms with E-state index in [1.165, 1.54) is 11.1 Å². The summed E-state index contributed by atoms with van der Waals surface area (Å²) in [5.41, 5.74) is 4.76. The summed E-state index contributed by atoms with van der Waals surface area (Å²) in [4.78, 5) is 13.3. The molecule has 2 rings (SSSR count). The van der Waals surface area contributed by atoms with Crippen LogP contribution in [0.2, 0.25) is 0 Å². The Morgan fingerprint density at radius 2 is 1.91 bits per heavy atom. The van der Waals surface area contributed by atoms with Crippen molar-refractivity contribution in [3.8, 4) is 0 Å². The van der Waals surface area contributed by atoms with E-state index in [9.17, 15) is 4.79 Å². The molecule has 0 aromatic carbocycles. The third kappa shape index (κ3) is 3.14. The molecule has 0 amide bonds. The molecule has 0 spiro atoms. The van der Waals surface area contributed by atoms with Crippen LogP contribution in [0.15, 0.2) is 47.6 Å². The van der Waals surface area contributed by atoms with Gasteiger partial charge in [0.2, 0.25) is 0 Å². The van der Waals surface area contributed by atoms with Crippen molar-refractivity contribution in [3.05, 3.63) is 47.6 Å². The largest absolute Gasteiger partial charge is 0.377 e. The lowest BCUT2D eigenvalue weighted by atomic mass is 9.60. The Hall–Kier alpha value is -1.41. The highest BCUT2D eigenvalue weighted by Crippen LogP contribution is 2.50. The van der Waals surface area contributed by atoms with Crippen molar-refractivity contribution in [2.24, 2.45) is 11.3 Å². The normalized spacial score (nSPS) is 30.7. The standard InChI is InChI=1S/C21H30O2/c1-7-9-15-16(10-8-2)20(22)17-12-11-14(3)18(21(17,4)5)13-19(15)23-6/h7-8,17,19H,1-2,9-13H2,3-6H3/b16-15-/t17-,19-/m0/s1. The lowest BCUT2D eigenvalue weighted by molar-refractivity contribution is -0.123. The van der Waals surface area contributed by atoms with E-state index in [4.69, 9.17) is 4.74 Å². The van der Waals surface area contributed by atoms with Crippen molar-refractivity contribution in [1.29, 1.82) is 0 Å². The molecule has 0 saturated carbocycles. The lowest BCUT2D eigenvalue weighted by Gasteiger charge is -2.44. The lowest BCUT2D eigenvalue weighted by Crippen LogP contribution is -2.41. The number of ether oxygens (including phenoxy) is 1. The maximum absolute atomic E-state index is 13.3. The highest BCUT2D eigenvalue weighted by atomic mass is 16.5. The molecular formula is C21H30O2. The van der Waals surface area contributed by atoms with Gasteiger partial charge in [0.25, 0.3) is 0 Å². The minimum atomic E-state index is -0.0949.